The Kier molecular flexibility index (Phi) is 5.31. The molecule has 0 aromatic heterocycles. The maximum absolute atomic E-state index is 13.4. The number of hydrogen-bond acceptors (Lipinski definition) is 2. The lowest BCUT2D eigenvalue weighted by Crippen LogP contribution is -2.33. The molecule has 0 aliphatic heterocycles. The van der Waals surface area contributed by atoms with Crippen LogP contribution in [-0.2, 0) is 16.0 Å². The second-order valence-electron chi connectivity index (χ2n) is 5.63. The van der Waals surface area contributed by atoms with E-state index >= 15 is 0 Å². The van der Waals surface area contributed by atoms with Crippen molar-refractivity contribution < 1.29 is 19.1 Å². The Bertz CT molecular complexity index is 510. The number of benzene rings is 1. The summed E-state index contributed by atoms with van der Waals surface area (Å²) >= 11 is 0. The molecule has 1 aliphatic carbocycles. The van der Waals surface area contributed by atoms with Crippen molar-refractivity contribution in [2.24, 2.45) is 11.8 Å². The molecule has 2 rings (SSSR count). The minimum Gasteiger partial charge on any atom is -0.481 e. The number of hydrogen-bond donors (Lipinski definition) is 2. The van der Waals surface area contributed by atoms with E-state index in [0.717, 1.165) is 12.8 Å². The second-order valence-corrected chi connectivity index (χ2v) is 5.63. The van der Waals surface area contributed by atoms with Crippen LogP contribution >= 0.6 is 0 Å². The van der Waals surface area contributed by atoms with Gasteiger partial charge >= 0.3 is 5.97 Å². The molecule has 0 heterocycles. The summed E-state index contributed by atoms with van der Waals surface area (Å²) < 4.78 is 13.4. The molecule has 0 spiro atoms. The van der Waals surface area contributed by atoms with Gasteiger partial charge in [0.2, 0.25) is 5.91 Å². The Morgan fingerprint density at radius 1 is 1.19 bits per heavy atom. The van der Waals surface area contributed by atoms with Crippen LogP contribution in [0.25, 0.3) is 0 Å². The summed E-state index contributed by atoms with van der Waals surface area (Å²) in [5.74, 6) is -1.20. The number of amides is 1. The average Bonchev–Trinajstić information content (AvgIpc) is 2.48. The van der Waals surface area contributed by atoms with Crippen LogP contribution in [-0.4, -0.2) is 23.5 Å². The normalized spacial score (nSPS) is 21.8. The highest BCUT2D eigenvalue weighted by atomic mass is 19.1. The molecular weight excluding hydrogens is 273 g/mol. The first-order valence-electron chi connectivity index (χ1n) is 7.29. The molecular formula is C16H20FNO3. The maximum Gasteiger partial charge on any atom is 0.306 e. The smallest absolute Gasteiger partial charge is 0.306 e. The molecule has 5 heteroatoms. The lowest BCUT2D eigenvalue weighted by Gasteiger charge is -2.26. The van der Waals surface area contributed by atoms with E-state index in [1.54, 1.807) is 18.2 Å². The minimum absolute atomic E-state index is 0.0388. The van der Waals surface area contributed by atoms with E-state index in [1.165, 1.54) is 6.07 Å². The van der Waals surface area contributed by atoms with Crippen LogP contribution in [0.3, 0.4) is 0 Å². The number of halogens is 1. The van der Waals surface area contributed by atoms with Gasteiger partial charge in [0.1, 0.15) is 5.82 Å². The van der Waals surface area contributed by atoms with Crippen LogP contribution in [0.1, 0.15) is 31.2 Å². The zero-order chi connectivity index (χ0) is 15.2. The molecule has 0 radical (unpaired) electrons. The highest BCUT2D eigenvalue weighted by molar-refractivity contribution is 5.78. The quantitative estimate of drug-likeness (QED) is 0.876. The topological polar surface area (TPSA) is 66.4 Å². The largest absolute Gasteiger partial charge is 0.481 e. The summed E-state index contributed by atoms with van der Waals surface area (Å²) in [6.07, 6.45) is 3.01. The van der Waals surface area contributed by atoms with Crippen molar-refractivity contribution in [2.75, 3.05) is 6.54 Å². The second kappa shape index (κ2) is 7.20. The zero-order valence-electron chi connectivity index (χ0n) is 11.8. The van der Waals surface area contributed by atoms with E-state index in [4.69, 9.17) is 5.11 Å². The van der Waals surface area contributed by atoms with Gasteiger partial charge in [-0.1, -0.05) is 18.2 Å². The molecule has 0 unspecified atom stereocenters. The summed E-state index contributed by atoms with van der Waals surface area (Å²) in [6.45, 7) is 0.541. The summed E-state index contributed by atoms with van der Waals surface area (Å²) in [4.78, 5) is 22.7. The predicted molar refractivity (Wildman–Crippen MR) is 76.2 cm³/mol. The molecule has 1 amide bonds. The Morgan fingerprint density at radius 3 is 2.48 bits per heavy atom. The Hall–Kier alpha value is -1.91. The van der Waals surface area contributed by atoms with Crippen LogP contribution in [0, 0.1) is 17.7 Å². The molecule has 1 aromatic carbocycles. The van der Waals surface area contributed by atoms with E-state index in [0.29, 0.717) is 30.9 Å². The number of rotatable bonds is 5. The van der Waals surface area contributed by atoms with Crippen LogP contribution in [0.4, 0.5) is 4.39 Å². The van der Waals surface area contributed by atoms with E-state index < -0.39 is 5.97 Å². The lowest BCUT2D eigenvalue weighted by atomic mass is 9.82. The van der Waals surface area contributed by atoms with Gasteiger partial charge in [0, 0.05) is 6.54 Å². The van der Waals surface area contributed by atoms with Crippen molar-refractivity contribution in [2.45, 2.75) is 32.1 Å². The van der Waals surface area contributed by atoms with Gasteiger partial charge in [-0.25, -0.2) is 4.39 Å². The van der Waals surface area contributed by atoms with Crippen molar-refractivity contribution >= 4 is 11.9 Å². The number of nitrogens with one attached hydrogen (secondary N) is 1. The monoisotopic (exact) mass is 293 g/mol. The average molecular weight is 293 g/mol. The first-order chi connectivity index (χ1) is 10.1. The first kappa shape index (κ1) is 15.5. The van der Waals surface area contributed by atoms with Gasteiger partial charge in [0.05, 0.1) is 12.3 Å². The molecule has 1 fully saturated rings. The fourth-order valence-electron chi connectivity index (χ4n) is 2.75. The van der Waals surface area contributed by atoms with E-state index in [2.05, 4.69) is 5.32 Å². The van der Waals surface area contributed by atoms with Crippen molar-refractivity contribution in [1.29, 1.82) is 0 Å². The number of carboxylic acid groups (broad SMARTS) is 1. The number of carbonyl (C=O) groups is 2. The van der Waals surface area contributed by atoms with Crippen LogP contribution in [0.5, 0.6) is 0 Å². The highest BCUT2D eigenvalue weighted by Gasteiger charge is 2.25. The van der Waals surface area contributed by atoms with E-state index in [9.17, 15) is 14.0 Å². The zero-order valence-corrected chi connectivity index (χ0v) is 11.8. The van der Waals surface area contributed by atoms with Crippen LogP contribution in [0.2, 0.25) is 0 Å². The predicted octanol–water partition coefficient (Wildman–Crippen LogP) is 2.38. The third kappa shape index (κ3) is 4.55. The maximum atomic E-state index is 13.4. The summed E-state index contributed by atoms with van der Waals surface area (Å²) in [7, 11) is 0. The number of carbonyl (C=O) groups excluding carboxylic acids is 1. The molecule has 114 valence electrons. The Morgan fingerprint density at radius 2 is 1.86 bits per heavy atom. The van der Waals surface area contributed by atoms with Crippen LogP contribution < -0.4 is 5.32 Å². The summed E-state index contributed by atoms with van der Waals surface area (Å²) in [5.41, 5.74) is 0.393. The molecule has 1 aliphatic rings. The van der Waals surface area contributed by atoms with Crippen LogP contribution in [0.15, 0.2) is 24.3 Å². The number of carboxylic acids is 1. The first-order valence-corrected chi connectivity index (χ1v) is 7.29. The third-order valence-corrected chi connectivity index (χ3v) is 4.09. The van der Waals surface area contributed by atoms with Gasteiger partial charge < -0.3 is 10.4 Å². The minimum atomic E-state index is -0.725. The van der Waals surface area contributed by atoms with Gasteiger partial charge in [0.25, 0.3) is 0 Å². The summed E-state index contributed by atoms with van der Waals surface area (Å²) in [6, 6.07) is 6.25. The molecule has 1 saturated carbocycles. The van der Waals surface area contributed by atoms with E-state index in [1.807, 2.05) is 0 Å². The molecule has 0 atom stereocenters. The fourth-order valence-corrected chi connectivity index (χ4v) is 2.75. The third-order valence-electron chi connectivity index (χ3n) is 4.09. The molecule has 1 aromatic rings. The van der Waals surface area contributed by atoms with Crippen molar-refractivity contribution in [3.8, 4) is 0 Å². The fraction of sp³-hybridized carbons (Fsp3) is 0.500. The number of aliphatic carboxylic acids is 1. The molecule has 0 bridgehead atoms. The van der Waals surface area contributed by atoms with Gasteiger partial charge in [0.15, 0.2) is 0 Å². The standard InChI is InChI=1S/C16H20FNO3/c17-14-4-2-1-3-13(14)9-15(19)18-10-11-5-7-12(8-6-11)16(20)21/h1-4,11-12H,5-10H2,(H,18,19)(H,20,21). The van der Waals surface area contributed by atoms with Crippen molar-refractivity contribution in [1.82, 2.24) is 5.32 Å². The SMILES string of the molecule is O=C(Cc1ccccc1F)NCC1CCC(C(=O)O)CC1. The summed E-state index contributed by atoms with van der Waals surface area (Å²) in [5, 5.41) is 11.7. The highest BCUT2D eigenvalue weighted by Crippen LogP contribution is 2.28. The Labute approximate surface area is 123 Å². The van der Waals surface area contributed by atoms with E-state index in [-0.39, 0.29) is 24.1 Å². The molecule has 0 saturated heterocycles. The van der Waals surface area contributed by atoms with Gasteiger partial charge in [-0.05, 0) is 43.2 Å². The molecule has 2 N–H and O–H groups in total. The van der Waals surface area contributed by atoms with Gasteiger partial charge in [-0.15, -0.1) is 0 Å². The van der Waals surface area contributed by atoms with Gasteiger partial charge in [-0.2, -0.15) is 0 Å². The van der Waals surface area contributed by atoms with Crippen molar-refractivity contribution in [3.05, 3.63) is 35.6 Å². The Balaban J connectivity index is 1.73. The van der Waals surface area contributed by atoms with Gasteiger partial charge in [-0.3, -0.25) is 9.59 Å². The lowest BCUT2D eigenvalue weighted by molar-refractivity contribution is -0.143. The molecule has 21 heavy (non-hydrogen) atoms. The van der Waals surface area contributed by atoms with Crippen molar-refractivity contribution in [3.63, 3.8) is 0 Å². The molecule has 4 nitrogen and oxygen atoms in total.